The van der Waals surface area contributed by atoms with Crippen molar-refractivity contribution in [2.45, 2.75) is 31.8 Å². The first-order valence-corrected chi connectivity index (χ1v) is 8.97. The van der Waals surface area contributed by atoms with Crippen LogP contribution >= 0.6 is 0 Å². The second kappa shape index (κ2) is 8.07. The van der Waals surface area contributed by atoms with E-state index in [1.807, 2.05) is 0 Å². The third-order valence-electron chi connectivity index (χ3n) is 3.99. The Bertz CT molecular complexity index is 433. The van der Waals surface area contributed by atoms with E-state index in [2.05, 4.69) is 10.6 Å². The van der Waals surface area contributed by atoms with E-state index in [1.165, 1.54) is 4.31 Å². The fourth-order valence-electron chi connectivity index (χ4n) is 2.38. The normalized spacial score (nSPS) is 18.7. The maximum atomic E-state index is 12.3. The number of sulfonamides is 1. The monoisotopic (exact) mass is 321 g/mol. The van der Waals surface area contributed by atoms with Crippen LogP contribution < -0.4 is 10.6 Å². The molecule has 0 spiro atoms. The van der Waals surface area contributed by atoms with Crippen molar-refractivity contribution in [3.8, 4) is 0 Å². The molecule has 0 saturated carbocycles. The van der Waals surface area contributed by atoms with Gasteiger partial charge in [-0.25, -0.2) is 12.7 Å². The molecule has 1 rings (SSSR count). The fourth-order valence-corrected chi connectivity index (χ4v) is 3.23. The number of methoxy groups -OCH3 is 1. The second-order valence-corrected chi connectivity index (χ2v) is 7.64. The summed E-state index contributed by atoms with van der Waals surface area (Å²) in [5.41, 5.74) is -0.743. The third-order valence-corrected chi connectivity index (χ3v) is 5.85. The third kappa shape index (κ3) is 4.91. The molecule has 1 amide bonds. The van der Waals surface area contributed by atoms with Crippen molar-refractivity contribution in [1.29, 1.82) is 0 Å². The van der Waals surface area contributed by atoms with Gasteiger partial charge in [0.2, 0.25) is 10.0 Å². The summed E-state index contributed by atoms with van der Waals surface area (Å²) in [6, 6.07) is 0. The van der Waals surface area contributed by atoms with Crippen LogP contribution in [0.25, 0.3) is 0 Å². The molecule has 21 heavy (non-hydrogen) atoms. The minimum absolute atomic E-state index is 0.0929. The number of carbonyl (C=O) groups excluding carboxylic acids is 1. The first kappa shape index (κ1) is 18.3. The average Bonchev–Trinajstić information content (AvgIpc) is 2.51. The quantitative estimate of drug-likeness (QED) is 0.591. The molecule has 1 aliphatic heterocycles. The minimum atomic E-state index is -3.15. The zero-order chi connectivity index (χ0) is 15.9. The van der Waals surface area contributed by atoms with Crippen LogP contribution in [0.3, 0.4) is 0 Å². The first-order valence-electron chi connectivity index (χ1n) is 7.36. The lowest BCUT2D eigenvalue weighted by molar-refractivity contribution is -0.146. The average molecular weight is 321 g/mol. The molecule has 2 N–H and O–H groups in total. The second-order valence-electron chi connectivity index (χ2n) is 5.28. The van der Waals surface area contributed by atoms with Crippen molar-refractivity contribution >= 4 is 15.9 Å². The summed E-state index contributed by atoms with van der Waals surface area (Å²) in [4.78, 5) is 12.3. The molecular weight excluding hydrogens is 294 g/mol. The molecule has 8 heteroatoms. The Labute approximate surface area is 127 Å². The van der Waals surface area contributed by atoms with E-state index < -0.39 is 15.6 Å². The maximum Gasteiger partial charge on any atom is 0.252 e. The molecule has 1 aliphatic rings. The lowest BCUT2D eigenvalue weighted by atomic mass is 9.91. The Hall–Kier alpha value is -0.700. The number of ether oxygens (including phenoxy) is 1. The van der Waals surface area contributed by atoms with Crippen LogP contribution in [0.15, 0.2) is 0 Å². The van der Waals surface area contributed by atoms with E-state index in [1.54, 1.807) is 21.1 Å². The summed E-state index contributed by atoms with van der Waals surface area (Å²) in [6.07, 6.45) is 1.89. The molecule has 0 atom stereocenters. The molecule has 0 bridgehead atoms. The van der Waals surface area contributed by atoms with Crippen LogP contribution in [-0.2, 0) is 19.6 Å². The number of piperidine rings is 1. The van der Waals surface area contributed by atoms with Crippen LogP contribution in [-0.4, -0.2) is 70.3 Å². The molecule has 0 aromatic heterocycles. The van der Waals surface area contributed by atoms with Gasteiger partial charge in [-0.3, -0.25) is 4.79 Å². The standard InChI is InChI=1S/C13H27N3O4S/c1-4-21(18,19)16(2)11-5-8-15-12(17)13(20-3)6-9-14-10-7-13/h14H,4-11H2,1-3H3,(H,15,17). The molecule has 1 fully saturated rings. The van der Waals surface area contributed by atoms with Crippen LogP contribution in [0, 0.1) is 0 Å². The van der Waals surface area contributed by atoms with Gasteiger partial charge in [0, 0.05) is 27.2 Å². The Morgan fingerprint density at radius 1 is 1.38 bits per heavy atom. The Morgan fingerprint density at radius 2 is 2.00 bits per heavy atom. The SMILES string of the molecule is CCS(=O)(=O)N(C)CCCNC(=O)C1(OC)CCNCC1. The minimum Gasteiger partial charge on any atom is -0.368 e. The highest BCUT2D eigenvalue weighted by Crippen LogP contribution is 2.22. The van der Waals surface area contributed by atoms with Crippen molar-refractivity contribution < 1.29 is 17.9 Å². The van der Waals surface area contributed by atoms with Crippen LogP contribution in [0.4, 0.5) is 0 Å². The van der Waals surface area contributed by atoms with Crippen LogP contribution in [0.2, 0.25) is 0 Å². The highest BCUT2D eigenvalue weighted by molar-refractivity contribution is 7.89. The van der Waals surface area contributed by atoms with Gasteiger partial charge < -0.3 is 15.4 Å². The lowest BCUT2D eigenvalue weighted by Gasteiger charge is -2.34. The molecular formula is C13H27N3O4S. The summed E-state index contributed by atoms with van der Waals surface area (Å²) in [5.74, 6) is -0.0113. The van der Waals surface area contributed by atoms with Crippen molar-refractivity contribution in [2.75, 3.05) is 46.1 Å². The molecule has 0 unspecified atom stereocenters. The number of amides is 1. The van der Waals surface area contributed by atoms with Gasteiger partial charge in [-0.15, -0.1) is 0 Å². The zero-order valence-corrected chi connectivity index (χ0v) is 14.0. The maximum absolute atomic E-state index is 12.3. The Morgan fingerprint density at radius 3 is 2.52 bits per heavy atom. The topological polar surface area (TPSA) is 87.7 Å². The van der Waals surface area contributed by atoms with E-state index in [0.717, 1.165) is 13.1 Å². The predicted octanol–water partition coefficient (Wildman–Crippen LogP) is -0.457. The van der Waals surface area contributed by atoms with Gasteiger partial charge in [-0.05, 0) is 39.3 Å². The summed E-state index contributed by atoms with van der Waals surface area (Å²) in [7, 11) is -0.0268. The zero-order valence-electron chi connectivity index (χ0n) is 13.1. The lowest BCUT2D eigenvalue weighted by Crippen LogP contribution is -2.54. The van der Waals surface area contributed by atoms with Crippen molar-refractivity contribution in [1.82, 2.24) is 14.9 Å². The molecule has 1 heterocycles. The van der Waals surface area contributed by atoms with Crippen molar-refractivity contribution in [3.05, 3.63) is 0 Å². The number of rotatable bonds is 8. The summed E-state index contributed by atoms with van der Waals surface area (Å²) in [6.45, 7) is 3.99. The van der Waals surface area contributed by atoms with Gasteiger partial charge in [-0.2, -0.15) is 0 Å². The van der Waals surface area contributed by atoms with Crippen molar-refractivity contribution in [2.24, 2.45) is 0 Å². The molecule has 0 aliphatic carbocycles. The molecule has 124 valence electrons. The van der Waals surface area contributed by atoms with Crippen molar-refractivity contribution in [3.63, 3.8) is 0 Å². The largest absolute Gasteiger partial charge is 0.368 e. The number of carbonyl (C=O) groups is 1. The fraction of sp³-hybridized carbons (Fsp3) is 0.923. The predicted molar refractivity (Wildman–Crippen MR) is 81.6 cm³/mol. The van der Waals surface area contributed by atoms with Gasteiger partial charge in [0.25, 0.3) is 5.91 Å². The number of nitrogens with one attached hydrogen (secondary N) is 2. The van der Waals surface area contributed by atoms with E-state index in [-0.39, 0.29) is 11.7 Å². The van der Waals surface area contributed by atoms with E-state index in [9.17, 15) is 13.2 Å². The Kier molecular flexibility index (Phi) is 7.05. The van der Waals surface area contributed by atoms with Crippen LogP contribution in [0.5, 0.6) is 0 Å². The van der Waals surface area contributed by atoms with Gasteiger partial charge >= 0.3 is 0 Å². The van der Waals surface area contributed by atoms with E-state index >= 15 is 0 Å². The van der Waals surface area contributed by atoms with E-state index in [4.69, 9.17) is 4.74 Å². The molecule has 0 radical (unpaired) electrons. The summed E-state index contributed by atoms with van der Waals surface area (Å²) >= 11 is 0. The highest BCUT2D eigenvalue weighted by atomic mass is 32.2. The van der Waals surface area contributed by atoms with Gasteiger partial charge in [0.15, 0.2) is 0 Å². The molecule has 1 saturated heterocycles. The Balaban J connectivity index is 2.36. The number of hydrogen-bond donors (Lipinski definition) is 2. The van der Waals surface area contributed by atoms with Gasteiger partial charge in [0.05, 0.1) is 5.75 Å². The van der Waals surface area contributed by atoms with Crippen LogP contribution in [0.1, 0.15) is 26.2 Å². The number of nitrogens with zero attached hydrogens (tertiary/aromatic N) is 1. The summed E-state index contributed by atoms with van der Waals surface area (Å²) < 4.78 is 29.9. The molecule has 0 aromatic rings. The number of hydrogen-bond acceptors (Lipinski definition) is 5. The van der Waals surface area contributed by atoms with Gasteiger partial charge in [-0.1, -0.05) is 0 Å². The smallest absolute Gasteiger partial charge is 0.252 e. The first-order chi connectivity index (χ1) is 9.88. The molecule has 0 aromatic carbocycles. The van der Waals surface area contributed by atoms with E-state index in [0.29, 0.717) is 32.4 Å². The highest BCUT2D eigenvalue weighted by Gasteiger charge is 2.39. The molecule has 7 nitrogen and oxygen atoms in total. The summed E-state index contributed by atoms with van der Waals surface area (Å²) in [5, 5.41) is 6.06. The van der Waals surface area contributed by atoms with Gasteiger partial charge in [0.1, 0.15) is 5.60 Å².